The summed E-state index contributed by atoms with van der Waals surface area (Å²) in [6.07, 6.45) is 0.0610. The summed E-state index contributed by atoms with van der Waals surface area (Å²) >= 11 is 2.19. The van der Waals surface area contributed by atoms with Crippen LogP contribution < -0.4 is 10.2 Å². The van der Waals surface area contributed by atoms with Crippen molar-refractivity contribution in [3.63, 3.8) is 0 Å². The van der Waals surface area contributed by atoms with E-state index in [0.717, 1.165) is 14.2 Å². The second kappa shape index (κ2) is 6.60. The maximum absolute atomic E-state index is 12.5. The molecule has 1 aliphatic heterocycles. The monoisotopic (exact) mass is 436 g/mol. The molecule has 122 valence electrons. The van der Waals surface area contributed by atoms with Crippen LogP contribution in [0.4, 0.5) is 11.4 Å². The van der Waals surface area contributed by atoms with Crippen molar-refractivity contribution in [2.24, 2.45) is 0 Å². The van der Waals surface area contributed by atoms with Gasteiger partial charge in [0.1, 0.15) is 6.04 Å². The van der Waals surface area contributed by atoms with Gasteiger partial charge in [-0.3, -0.25) is 9.59 Å². The lowest BCUT2D eigenvalue weighted by atomic mass is 10.2. The number of aromatic carboxylic acids is 1. The molecule has 2 aromatic rings. The Balaban J connectivity index is 1.78. The molecule has 7 heteroatoms. The fourth-order valence-electron chi connectivity index (χ4n) is 2.52. The lowest BCUT2D eigenvalue weighted by molar-refractivity contribution is -0.121. The normalized spacial score (nSPS) is 17.2. The van der Waals surface area contributed by atoms with E-state index in [1.54, 1.807) is 0 Å². The highest BCUT2D eigenvalue weighted by molar-refractivity contribution is 14.1. The first-order valence-electron chi connectivity index (χ1n) is 7.18. The molecule has 6 nitrogen and oxygen atoms in total. The van der Waals surface area contributed by atoms with Crippen LogP contribution in [0.3, 0.4) is 0 Å². The number of nitrogens with zero attached hydrogens (tertiary/aromatic N) is 1. The standard InChI is InChI=1S/C17H13IN2O4/c18-11-3-5-12(6-4-11)19-14-9-15(21)20(16(14)22)13-7-1-10(2-8-13)17(23)24/h1-8,14,19H,9H2,(H,23,24). The Morgan fingerprint density at radius 3 is 2.29 bits per heavy atom. The SMILES string of the molecule is O=C(O)c1ccc(N2C(=O)CC(Nc3ccc(I)cc3)C2=O)cc1. The zero-order valence-corrected chi connectivity index (χ0v) is 14.6. The van der Waals surface area contributed by atoms with E-state index in [1.165, 1.54) is 24.3 Å². The maximum Gasteiger partial charge on any atom is 0.335 e. The molecule has 1 unspecified atom stereocenters. The molecule has 0 bridgehead atoms. The minimum Gasteiger partial charge on any atom is -0.478 e. The molecule has 0 radical (unpaired) electrons. The first-order chi connectivity index (χ1) is 11.5. The van der Waals surface area contributed by atoms with Gasteiger partial charge in [-0.2, -0.15) is 0 Å². The van der Waals surface area contributed by atoms with Gasteiger partial charge in [0.2, 0.25) is 5.91 Å². The van der Waals surface area contributed by atoms with Crippen molar-refractivity contribution < 1.29 is 19.5 Å². The van der Waals surface area contributed by atoms with Crippen molar-refractivity contribution >= 4 is 51.7 Å². The summed E-state index contributed by atoms with van der Waals surface area (Å²) in [5.41, 5.74) is 1.25. The third-order valence-corrected chi connectivity index (χ3v) is 4.42. The number of anilines is 2. The van der Waals surface area contributed by atoms with Crippen molar-refractivity contribution in [3.8, 4) is 0 Å². The van der Waals surface area contributed by atoms with Gasteiger partial charge in [0.15, 0.2) is 0 Å². The lowest BCUT2D eigenvalue weighted by Gasteiger charge is -2.16. The van der Waals surface area contributed by atoms with Gasteiger partial charge in [0, 0.05) is 9.26 Å². The predicted molar refractivity (Wildman–Crippen MR) is 97.1 cm³/mol. The number of benzene rings is 2. The van der Waals surface area contributed by atoms with Gasteiger partial charge in [-0.1, -0.05) is 0 Å². The molecule has 2 amide bonds. The fraction of sp³-hybridized carbons (Fsp3) is 0.118. The van der Waals surface area contributed by atoms with Crippen LogP contribution in [0.15, 0.2) is 48.5 Å². The first-order valence-corrected chi connectivity index (χ1v) is 8.26. The van der Waals surface area contributed by atoms with E-state index in [2.05, 4.69) is 27.9 Å². The van der Waals surface area contributed by atoms with Gasteiger partial charge in [-0.05, 0) is 71.1 Å². The Bertz CT molecular complexity index is 802. The molecule has 2 N–H and O–H groups in total. The minimum absolute atomic E-state index is 0.0610. The quantitative estimate of drug-likeness (QED) is 0.569. The Kier molecular flexibility index (Phi) is 4.52. The molecule has 1 fully saturated rings. The smallest absolute Gasteiger partial charge is 0.335 e. The second-order valence-corrected chi connectivity index (χ2v) is 6.57. The summed E-state index contributed by atoms with van der Waals surface area (Å²) in [6, 6.07) is 12.6. The van der Waals surface area contributed by atoms with E-state index >= 15 is 0 Å². The molecule has 1 atom stereocenters. The van der Waals surface area contributed by atoms with Gasteiger partial charge in [-0.25, -0.2) is 9.69 Å². The molecule has 24 heavy (non-hydrogen) atoms. The number of hydrogen-bond acceptors (Lipinski definition) is 4. The summed E-state index contributed by atoms with van der Waals surface area (Å²) in [5.74, 6) is -1.72. The Morgan fingerprint density at radius 2 is 1.71 bits per heavy atom. The average Bonchev–Trinajstić information content (AvgIpc) is 2.83. The molecule has 0 aliphatic carbocycles. The average molecular weight is 436 g/mol. The molecular weight excluding hydrogens is 423 g/mol. The molecule has 1 saturated heterocycles. The maximum atomic E-state index is 12.5. The highest BCUT2D eigenvalue weighted by Gasteiger charge is 2.39. The fourth-order valence-corrected chi connectivity index (χ4v) is 2.88. The van der Waals surface area contributed by atoms with Crippen molar-refractivity contribution in [1.82, 2.24) is 0 Å². The van der Waals surface area contributed by atoms with E-state index in [0.29, 0.717) is 5.69 Å². The van der Waals surface area contributed by atoms with Crippen molar-refractivity contribution in [2.75, 3.05) is 10.2 Å². The summed E-state index contributed by atoms with van der Waals surface area (Å²) < 4.78 is 1.08. The van der Waals surface area contributed by atoms with E-state index in [-0.39, 0.29) is 23.8 Å². The topological polar surface area (TPSA) is 86.7 Å². The summed E-state index contributed by atoms with van der Waals surface area (Å²) in [5, 5.41) is 12.0. The molecule has 3 rings (SSSR count). The molecule has 1 aliphatic rings. The van der Waals surface area contributed by atoms with Crippen LogP contribution in [0, 0.1) is 3.57 Å². The van der Waals surface area contributed by atoms with E-state index in [1.807, 2.05) is 24.3 Å². The minimum atomic E-state index is -1.06. The Morgan fingerprint density at radius 1 is 1.08 bits per heavy atom. The molecule has 0 saturated carbocycles. The number of imide groups is 1. The van der Waals surface area contributed by atoms with Gasteiger partial charge >= 0.3 is 5.97 Å². The number of hydrogen-bond donors (Lipinski definition) is 2. The second-order valence-electron chi connectivity index (χ2n) is 5.33. The van der Waals surface area contributed by atoms with Crippen LogP contribution in [-0.2, 0) is 9.59 Å². The third-order valence-electron chi connectivity index (χ3n) is 3.70. The van der Waals surface area contributed by atoms with Gasteiger partial charge in [0.25, 0.3) is 5.91 Å². The molecule has 1 heterocycles. The molecular formula is C17H13IN2O4. The number of amides is 2. The molecule has 0 spiro atoms. The van der Waals surface area contributed by atoms with Gasteiger partial charge in [0.05, 0.1) is 17.7 Å². The third kappa shape index (κ3) is 3.25. The Hall–Kier alpha value is -2.42. The van der Waals surface area contributed by atoms with Crippen LogP contribution >= 0.6 is 22.6 Å². The zero-order valence-electron chi connectivity index (χ0n) is 12.4. The number of carbonyl (C=O) groups excluding carboxylic acids is 2. The van der Waals surface area contributed by atoms with Crippen molar-refractivity contribution in [3.05, 3.63) is 57.7 Å². The number of nitrogens with one attached hydrogen (secondary N) is 1. The van der Waals surface area contributed by atoms with Crippen molar-refractivity contribution in [2.45, 2.75) is 12.5 Å². The summed E-state index contributed by atoms with van der Waals surface area (Å²) in [6.45, 7) is 0. The zero-order chi connectivity index (χ0) is 17.3. The number of rotatable bonds is 4. The number of halogens is 1. The van der Waals surface area contributed by atoms with E-state index in [9.17, 15) is 14.4 Å². The predicted octanol–water partition coefficient (Wildman–Crippen LogP) is 2.73. The first kappa shape index (κ1) is 16.4. The molecule has 2 aromatic carbocycles. The highest BCUT2D eigenvalue weighted by atomic mass is 127. The Labute approximate surface area is 151 Å². The van der Waals surface area contributed by atoms with Crippen LogP contribution in [0.2, 0.25) is 0 Å². The van der Waals surface area contributed by atoms with E-state index < -0.39 is 12.0 Å². The van der Waals surface area contributed by atoms with E-state index in [4.69, 9.17) is 5.11 Å². The van der Waals surface area contributed by atoms with Gasteiger partial charge < -0.3 is 10.4 Å². The summed E-state index contributed by atoms with van der Waals surface area (Å²) in [7, 11) is 0. The van der Waals surface area contributed by atoms with Crippen molar-refractivity contribution in [1.29, 1.82) is 0 Å². The van der Waals surface area contributed by atoms with Crippen LogP contribution in [0.1, 0.15) is 16.8 Å². The summed E-state index contributed by atoms with van der Waals surface area (Å²) in [4.78, 5) is 36.7. The lowest BCUT2D eigenvalue weighted by Crippen LogP contribution is -2.34. The van der Waals surface area contributed by atoms with Gasteiger partial charge in [-0.15, -0.1) is 0 Å². The van der Waals surface area contributed by atoms with Crippen LogP contribution in [-0.4, -0.2) is 28.9 Å². The number of carboxylic acid groups (broad SMARTS) is 1. The number of carbonyl (C=O) groups is 3. The van der Waals surface area contributed by atoms with Crippen LogP contribution in [0.5, 0.6) is 0 Å². The number of carboxylic acids is 1. The largest absolute Gasteiger partial charge is 0.478 e. The van der Waals surface area contributed by atoms with Crippen LogP contribution in [0.25, 0.3) is 0 Å². The molecule has 0 aromatic heterocycles. The highest BCUT2D eigenvalue weighted by Crippen LogP contribution is 2.25.